The molecule has 2 N–H and O–H groups in total. The molecule has 1 aliphatic heterocycles. The van der Waals surface area contributed by atoms with Gasteiger partial charge in [0, 0.05) is 20.8 Å². The van der Waals surface area contributed by atoms with E-state index in [1.807, 2.05) is 0 Å². The fraction of sp³-hybridized carbons (Fsp3) is 0.529. The van der Waals surface area contributed by atoms with E-state index < -0.39 is 47.3 Å². The number of aromatic nitrogens is 3. The second kappa shape index (κ2) is 8.36. The molecule has 0 unspecified atom stereocenters. The summed E-state index contributed by atoms with van der Waals surface area (Å²) < 4.78 is 23.2. The number of carbonyl (C=O) groups is 3. The molecule has 30 heavy (non-hydrogen) atoms. The van der Waals surface area contributed by atoms with Crippen LogP contribution in [-0.2, 0) is 33.3 Å². The highest BCUT2D eigenvalue weighted by molar-refractivity contribution is 7.16. The minimum atomic E-state index is -1.20. The van der Waals surface area contributed by atoms with Gasteiger partial charge in [0.2, 0.25) is 5.95 Å². The Morgan fingerprint density at radius 1 is 1.10 bits per heavy atom. The predicted octanol–water partition coefficient (Wildman–Crippen LogP) is 0.0675. The Morgan fingerprint density at radius 3 is 2.33 bits per heavy atom. The second-order valence-electron chi connectivity index (χ2n) is 6.57. The van der Waals surface area contributed by atoms with Crippen molar-refractivity contribution in [1.82, 2.24) is 14.5 Å². The van der Waals surface area contributed by atoms with E-state index in [9.17, 15) is 19.2 Å². The molecule has 4 atom stereocenters. The number of hydrogen-bond acceptors (Lipinski definition) is 12. The van der Waals surface area contributed by atoms with Crippen molar-refractivity contribution >= 4 is 45.5 Å². The minimum Gasteiger partial charge on any atom is -0.463 e. The summed E-state index contributed by atoms with van der Waals surface area (Å²) in [5, 5.41) is 0. The highest BCUT2D eigenvalue weighted by atomic mass is 32.1. The maximum Gasteiger partial charge on any atom is 0.311 e. The number of aryl methyl sites for hydroxylation is 1. The molecule has 0 bridgehead atoms. The average molecular weight is 440 g/mol. The number of nitrogens with two attached hydrogens (primary N) is 1. The lowest BCUT2D eigenvalue weighted by molar-refractivity contribution is -0.166. The van der Waals surface area contributed by atoms with Gasteiger partial charge < -0.3 is 24.7 Å². The van der Waals surface area contributed by atoms with Crippen LogP contribution in [-0.4, -0.2) is 57.4 Å². The summed E-state index contributed by atoms with van der Waals surface area (Å²) in [5.41, 5.74) is 6.41. The Bertz CT molecular complexity index is 1060. The van der Waals surface area contributed by atoms with Crippen LogP contribution in [0.25, 0.3) is 10.3 Å². The van der Waals surface area contributed by atoms with Crippen LogP contribution in [0.3, 0.4) is 0 Å². The smallest absolute Gasteiger partial charge is 0.311 e. The molecule has 0 saturated carbocycles. The number of carbonyl (C=O) groups excluding carboxylic acids is 3. The summed E-state index contributed by atoms with van der Waals surface area (Å²) in [4.78, 5) is 55.1. The lowest BCUT2D eigenvalue weighted by Crippen LogP contribution is -2.41. The molecule has 0 spiro atoms. The van der Waals surface area contributed by atoms with Crippen LogP contribution in [0.4, 0.5) is 5.95 Å². The molecule has 0 amide bonds. The van der Waals surface area contributed by atoms with Gasteiger partial charge in [0.05, 0.1) is 10.4 Å². The second-order valence-corrected chi connectivity index (χ2v) is 7.54. The van der Waals surface area contributed by atoms with E-state index in [1.54, 1.807) is 6.92 Å². The number of nitrogen functional groups attached to an aromatic ring is 1. The van der Waals surface area contributed by atoms with Gasteiger partial charge in [0.15, 0.2) is 24.1 Å². The maximum absolute atomic E-state index is 12.8. The third-order valence-electron chi connectivity index (χ3n) is 4.24. The molecule has 162 valence electrons. The topological polar surface area (TPSA) is 162 Å². The van der Waals surface area contributed by atoms with Gasteiger partial charge in [-0.3, -0.25) is 23.7 Å². The van der Waals surface area contributed by atoms with Gasteiger partial charge >= 0.3 is 22.8 Å². The van der Waals surface area contributed by atoms with Crippen LogP contribution in [0.15, 0.2) is 4.79 Å². The molecule has 2 aromatic heterocycles. The Balaban J connectivity index is 2.11. The number of ether oxygens (including phenoxy) is 4. The van der Waals surface area contributed by atoms with E-state index in [4.69, 9.17) is 24.7 Å². The van der Waals surface area contributed by atoms with Crippen LogP contribution in [0.5, 0.6) is 0 Å². The monoisotopic (exact) mass is 440 g/mol. The molecule has 1 saturated heterocycles. The van der Waals surface area contributed by atoms with Gasteiger partial charge in [0.25, 0.3) is 0 Å². The van der Waals surface area contributed by atoms with Crippen molar-refractivity contribution in [2.45, 2.75) is 52.2 Å². The maximum atomic E-state index is 12.8. The molecule has 0 aromatic carbocycles. The fourth-order valence-corrected chi connectivity index (χ4v) is 4.09. The van der Waals surface area contributed by atoms with Crippen molar-refractivity contribution in [2.24, 2.45) is 0 Å². The van der Waals surface area contributed by atoms with Gasteiger partial charge in [-0.25, -0.2) is 4.98 Å². The van der Waals surface area contributed by atoms with Gasteiger partial charge in [-0.05, 0) is 6.92 Å². The zero-order chi connectivity index (χ0) is 22.2. The first-order chi connectivity index (χ1) is 14.1. The van der Waals surface area contributed by atoms with Gasteiger partial charge in [-0.1, -0.05) is 11.3 Å². The molecule has 0 aliphatic carbocycles. The fourth-order valence-electron chi connectivity index (χ4n) is 3.20. The summed E-state index contributed by atoms with van der Waals surface area (Å²) in [7, 11) is 0. The summed E-state index contributed by atoms with van der Waals surface area (Å²) in [6.45, 7) is 4.93. The number of anilines is 1. The normalized spacial score (nSPS) is 23.3. The largest absolute Gasteiger partial charge is 0.463 e. The third-order valence-corrected chi connectivity index (χ3v) is 5.30. The van der Waals surface area contributed by atoms with Crippen LogP contribution in [0.1, 0.15) is 32.7 Å². The summed E-state index contributed by atoms with van der Waals surface area (Å²) in [6.07, 6.45) is -4.51. The Hall–Kier alpha value is -3.06. The van der Waals surface area contributed by atoms with Crippen LogP contribution in [0.2, 0.25) is 0 Å². The Labute approximate surface area is 173 Å². The van der Waals surface area contributed by atoms with Crippen LogP contribution < -0.4 is 10.6 Å². The van der Waals surface area contributed by atoms with Crippen LogP contribution in [0, 0.1) is 6.92 Å². The third kappa shape index (κ3) is 4.26. The first kappa shape index (κ1) is 21.6. The highest BCUT2D eigenvalue weighted by Gasteiger charge is 2.51. The molecule has 1 aliphatic rings. The zero-order valence-corrected chi connectivity index (χ0v) is 17.4. The summed E-state index contributed by atoms with van der Waals surface area (Å²) in [6, 6.07) is 0. The van der Waals surface area contributed by atoms with Crippen molar-refractivity contribution in [1.29, 1.82) is 0 Å². The summed E-state index contributed by atoms with van der Waals surface area (Å²) >= 11 is 0.870. The average Bonchev–Trinajstić information content (AvgIpc) is 3.10. The van der Waals surface area contributed by atoms with Gasteiger partial charge in [-0.2, -0.15) is 4.98 Å². The quantitative estimate of drug-likeness (QED) is 0.494. The molecule has 2 aromatic rings. The van der Waals surface area contributed by atoms with E-state index in [0.717, 1.165) is 11.3 Å². The van der Waals surface area contributed by atoms with Gasteiger partial charge in [0.1, 0.15) is 12.7 Å². The van der Waals surface area contributed by atoms with E-state index in [1.165, 1.54) is 25.3 Å². The molecule has 13 heteroatoms. The number of esters is 3. The summed E-state index contributed by atoms with van der Waals surface area (Å²) in [5.74, 6) is -1.99. The Kier molecular flexibility index (Phi) is 6.03. The number of nitrogens with zero attached hydrogens (tertiary/aromatic N) is 3. The molecule has 1 fully saturated rings. The van der Waals surface area contributed by atoms with Crippen LogP contribution >= 0.6 is 11.3 Å². The van der Waals surface area contributed by atoms with E-state index in [-0.39, 0.29) is 18.2 Å². The van der Waals surface area contributed by atoms with E-state index in [2.05, 4.69) is 9.97 Å². The van der Waals surface area contributed by atoms with Crippen molar-refractivity contribution in [3.05, 3.63) is 15.4 Å². The number of thiazole rings is 1. The molecule has 0 radical (unpaired) electrons. The number of hydrogen-bond donors (Lipinski definition) is 1. The van der Waals surface area contributed by atoms with Crippen molar-refractivity contribution < 1.29 is 33.3 Å². The highest BCUT2D eigenvalue weighted by Crippen LogP contribution is 2.36. The predicted molar refractivity (Wildman–Crippen MR) is 102 cm³/mol. The van der Waals surface area contributed by atoms with E-state index >= 15 is 0 Å². The lowest BCUT2D eigenvalue weighted by atomic mass is 10.1. The first-order valence-corrected chi connectivity index (χ1v) is 9.68. The van der Waals surface area contributed by atoms with Crippen molar-refractivity contribution in [3.8, 4) is 0 Å². The lowest BCUT2D eigenvalue weighted by Gasteiger charge is -2.23. The molecular formula is C17H20N4O8S. The number of fused-ring (bicyclic) bond motifs is 1. The van der Waals surface area contributed by atoms with E-state index in [0.29, 0.717) is 10.4 Å². The first-order valence-electron chi connectivity index (χ1n) is 8.87. The van der Waals surface area contributed by atoms with Gasteiger partial charge in [-0.15, -0.1) is 0 Å². The molecule has 3 heterocycles. The SMILES string of the molecule is CC(=O)OC[C@H]1O[C@@H](n2c(=O)sc3c(C)nc(N)nc32)[C@H](OC(C)=O)[C@@H]1OC(C)=O. The standard InChI is InChI=1S/C17H20N4O8S/c1-6-13-14(20-16(18)19-6)21(17(25)30-13)15-12(28-9(4)24)11(27-8(3)23)10(29-15)5-26-7(2)22/h10-12,15H,5H2,1-4H3,(H2,18,19,20)/t10-,11-,12-,15-/m1/s1. The zero-order valence-electron chi connectivity index (χ0n) is 16.6. The van der Waals surface area contributed by atoms with Crippen molar-refractivity contribution in [2.75, 3.05) is 12.3 Å². The minimum absolute atomic E-state index is 0.0541. The molecule has 3 rings (SSSR count). The molecular weight excluding hydrogens is 420 g/mol. The number of rotatable bonds is 5. The molecule has 12 nitrogen and oxygen atoms in total. The van der Waals surface area contributed by atoms with Crippen molar-refractivity contribution in [3.63, 3.8) is 0 Å². The Morgan fingerprint density at radius 2 is 1.73 bits per heavy atom.